The predicted octanol–water partition coefficient (Wildman–Crippen LogP) is 3.50. The van der Waals surface area contributed by atoms with Gasteiger partial charge in [0.15, 0.2) is 0 Å². The zero-order chi connectivity index (χ0) is 23.6. The Hall–Kier alpha value is -0.200. The first-order chi connectivity index (χ1) is 14.8. The van der Waals surface area contributed by atoms with Crippen molar-refractivity contribution in [3.05, 3.63) is 0 Å². The van der Waals surface area contributed by atoms with Gasteiger partial charge in [0.25, 0.3) is 0 Å². The second-order valence-corrected chi connectivity index (χ2v) is 13.4. The Bertz CT molecular complexity index is 675. The topological polar surface area (TPSA) is 101 Å². The number of aliphatic hydroxyl groups excluding tert-OH is 4. The number of fused-ring (bicyclic) bond motifs is 5. The molecule has 0 aromatic heterocycles. The number of aliphatic hydroxyl groups is 5. The van der Waals surface area contributed by atoms with Gasteiger partial charge in [-0.25, -0.2) is 0 Å². The van der Waals surface area contributed by atoms with Gasteiger partial charge in [-0.3, -0.25) is 0 Å². The molecule has 0 aromatic rings. The molecule has 0 heterocycles. The van der Waals surface area contributed by atoms with Crippen LogP contribution in [0.25, 0.3) is 0 Å². The van der Waals surface area contributed by atoms with Gasteiger partial charge in [-0.15, -0.1) is 0 Å². The molecule has 0 bridgehead atoms. The molecule has 186 valence electrons. The van der Waals surface area contributed by atoms with Gasteiger partial charge in [0.1, 0.15) is 0 Å². The molecule has 0 aliphatic heterocycles. The Balaban J connectivity index is 1.55. The molecule has 4 aliphatic rings. The third-order valence-electron chi connectivity index (χ3n) is 10.9. The van der Waals surface area contributed by atoms with E-state index in [1.807, 2.05) is 0 Å². The SMILES string of the molecule is CC(CC(O)CC(C)(C)O)[C@H]1CC[C@H]2[C@@H]3[C@H](O)C[C@H]4C[C@H](O)CC[C@]4(C)[C@H]3C[C@H](O)[C@]12C. The van der Waals surface area contributed by atoms with Gasteiger partial charge in [0.2, 0.25) is 0 Å². The van der Waals surface area contributed by atoms with E-state index in [4.69, 9.17) is 0 Å². The molecule has 0 amide bonds. The van der Waals surface area contributed by atoms with E-state index in [1.54, 1.807) is 13.8 Å². The van der Waals surface area contributed by atoms with E-state index < -0.39 is 17.8 Å². The fourth-order valence-electron chi connectivity index (χ4n) is 9.39. The fourth-order valence-corrected chi connectivity index (χ4v) is 9.39. The molecule has 4 fully saturated rings. The summed E-state index contributed by atoms with van der Waals surface area (Å²) >= 11 is 0. The van der Waals surface area contributed by atoms with Crippen molar-refractivity contribution in [1.82, 2.24) is 0 Å². The van der Waals surface area contributed by atoms with Crippen LogP contribution in [0, 0.1) is 46.3 Å². The van der Waals surface area contributed by atoms with E-state index in [0.29, 0.717) is 36.5 Å². The van der Waals surface area contributed by atoms with Crippen molar-refractivity contribution in [1.29, 1.82) is 0 Å². The molecule has 4 rings (SSSR count). The van der Waals surface area contributed by atoms with E-state index in [2.05, 4.69) is 20.8 Å². The molecule has 12 atom stereocenters. The summed E-state index contributed by atoms with van der Waals surface area (Å²) in [5, 5.41) is 53.9. The summed E-state index contributed by atoms with van der Waals surface area (Å²) in [6.07, 6.45) is 5.66. The monoisotopic (exact) mass is 452 g/mol. The Kier molecular flexibility index (Phi) is 6.60. The minimum atomic E-state index is -0.884. The van der Waals surface area contributed by atoms with Crippen molar-refractivity contribution in [2.45, 2.75) is 122 Å². The van der Waals surface area contributed by atoms with Crippen LogP contribution in [0.3, 0.4) is 0 Å². The molecule has 0 spiro atoms. The first kappa shape index (κ1) is 24.9. The van der Waals surface area contributed by atoms with Crippen LogP contribution in [-0.2, 0) is 0 Å². The van der Waals surface area contributed by atoms with Crippen LogP contribution in [-0.4, -0.2) is 55.5 Å². The van der Waals surface area contributed by atoms with E-state index in [9.17, 15) is 25.5 Å². The van der Waals surface area contributed by atoms with Crippen LogP contribution < -0.4 is 0 Å². The maximum Gasteiger partial charge on any atom is 0.0616 e. The number of rotatable bonds is 5. The highest BCUT2D eigenvalue weighted by Gasteiger charge is 2.65. The molecule has 5 N–H and O–H groups in total. The second-order valence-electron chi connectivity index (χ2n) is 13.4. The first-order valence-corrected chi connectivity index (χ1v) is 13.2. The smallest absolute Gasteiger partial charge is 0.0616 e. The number of hydrogen-bond acceptors (Lipinski definition) is 5. The highest BCUT2D eigenvalue weighted by molar-refractivity contribution is 5.14. The maximum atomic E-state index is 11.6. The minimum absolute atomic E-state index is 0.0953. The third-order valence-corrected chi connectivity index (χ3v) is 10.9. The van der Waals surface area contributed by atoms with Gasteiger partial charge < -0.3 is 25.5 Å². The summed E-state index contributed by atoms with van der Waals surface area (Å²) in [6.45, 7) is 10.3. The third kappa shape index (κ3) is 4.08. The quantitative estimate of drug-likeness (QED) is 0.440. The highest BCUT2D eigenvalue weighted by Crippen LogP contribution is 2.68. The molecule has 0 aromatic carbocycles. The lowest BCUT2D eigenvalue weighted by molar-refractivity contribution is -0.207. The molecule has 2 unspecified atom stereocenters. The van der Waals surface area contributed by atoms with Crippen LogP contribution in [0.15, 0.2) is 0 Å². The van der Waals surface area contributed by atoms with Crippen molar-refractivity contribution in [2.75, 3.05) is 0 Å². The highest BCUT2D eigenvalue weighted by atomic mass is 16.3. The molecule has 4 aliphatic carbocycles. The second kappa shape index (κ2) is 8.48. The molecule has 32 heavy (non-hydrogen) atoms. The molecule has 0 saturated heterocycles. The Morgan fingerprint density at radius 3 is 2.31 bits per heavy atom. The van der Waals surface area contributed by atoms with Crippen LogP contribution >= 0.6 is 0 Å². The lowest BCUT2D eigenvalue weighted by Gasteiger charge is -2.63. The zero-order valence-corrected chi connectivity index (χ0v) is 20.9. The van der Waals surface area contributed by atoms with E-state index in [0.717, 1.165) is 44.9 Å². The zero-order valence-electron chi connectivity index (χ0n) is 20.9. The molecule has 5 heteroatoms. The van der Waals surface area contributed by atoms with Crippen LogP contribution in [0.2, 0.25) is 0 Å². The van der Waals surface area contributed by atoms with Gasteiger partial charge in [0, 0.05) is 6.42 Å². The first-order valence-electron chi connectivity index (χ1n) is 13.2. The summed E-state index contributed by atoms with van der Waals surface area (Å²) in [5.74, 6) is 1.74. The summed E-state index contributed by atoms with van der Waals surface area (Å²) < 4.78 is 0. The lowest BCUT2D eigenvalue weighted by atomic mass is 9.43. The van der Waals surface area contributed by atoms with Gasteiger partial charge in [-0.05, 0) is 112 Å². The standard InChI is InChI=1S/C27H48O5/c1-15(10-18(29)14-25(2,3)32)19-6-7-20-24-21(13-23(31)27(19,20)5)26(4)9-8-17(28)11-16(26)12-22(24)30/h15-24,28-32H,6-14H2,1-5H3/t15?,16-,17-,18?,19-,20+,21+,22-,23+,24+,26+,27-/m1/s1. The Morgan fingerprint density at radius 2 is 1.66 bits per heavy atom. The minimum Gasteiger partial charge on any atom is -0.393 e. The van der Waals surface area contributed by atoms with Crippen molar-refractivity contribution in [3.8, 4) is 0 Å². The average molecular weight is 453 g/mol. The van der Waals surface area contributed by atoms with Gasteiger partial charge in [-0.1, -0.05) is 20.8 Å². The summed E-state index contributed by atoms with van der Waals surface area (Å²) in [5.41, 5.74) is -1.03. The van der Waals surface area contributed by atoms with E-state index >= 15 is 0 Å². The Morgan fingerprint density at radius 1 is 0.969 bits per heavy atom. The van der Waals surface area contributed by atoms with Crippen LogP contribution in [0.1, 0.15) is 92.4 Å². The van der Waals surface area contributed by atoms with Crippen LogP contribution in [0.4, 0.5) is 0 Å². The molecule has 5 nitrogen and oxygen atoms in total. The van der Waals surface area contributed by atoms with Crippen LogP contribution in [0.5, 0.6) is 0 Å². The van der Waals surface area contributed by atoms with Crippen molar-refractivity contribution >= 4 is 0 Å². The van der Waals surface area contributed by atoms with E-state index in [1.165, 1.54) is 0 Å². The summed E-state index contributed by atoms with van der Waals surface area (Å²) in [4.78, 5) is 0. The molecular weight excluding hydrogens is 404 g/mol. The van der Waals surface area contributed by atoms with Crippen molar-refractivity contribution in [3.63, 3.8) is 0 Å². The maximum absolute atomic E-state index is 11.6. The molecule has 4 saturated carbocycles. The lowest BCUT2D eigenvalue weighted by Crippen LogP contribution is -2.62. The van der Waals surface area contributed by atoms with Gasteiger partial charge in [-0.2, -0.15) is 0 Å². The summed E-state index contributed by atoms with van der Waals surface area (Å²) in [7, 11) is 0. The summed E-state index contributed by atoms with van der Waals surface area (Å²) in [6, 6.07) is 0. The largest absolute Gasteiger partial charge is 0.393 e. The molecular formula is C27H48O5. The number of hydrogen-bond donors (Lipinski definition) is 5. The van der Waals surface area contributed by atoms with Gasteiger partial charge in [0.05, 0.1) is 30.0 Å². The fraction of sp³-hybridized carbons (Fsp3) is 1.00. The predicted molar refractivity (Wildman–Crippen MR) is 125 cm³/mol. The Labute approximate surface area is 194 Å². The van der Waals surface area contributed by atoms with E-state index in [-0.39, 0.29) is 34.9 Å². The normalized spacial score (nSPS) is 50.8. The molecule has 0 radical (unpaired) electrons. The van der Waals surface area contributed by atoms with Crippen molar-refractivity contribution in [2.24, 2.45) is 46.3 Å². The van der Waals surface area contributed by atoms with Crippen molar-refractivity contribution < 1.29 is 25.5 Å². The van der Waals surface area contributed by atoms with Gasteiger partial charge >= 0.3 is 0 Å². The average Bonchev–Trinajstić information content (AvgIpc) is 3.01.